The van der Waals surface area contributed by atoms with Crippen LogP contribution in [0.25, 0.3) is 0 Å². The SMILES string of the molecule is Cc1csc(Nc2cccc(NC(=O)c3ccc(NC(=O)c4ccco4)cc3)c2)n1. The normalized spacial score (nSPS) is 10.4. The molecule has 2 aromatic heterocycles. The Balaban J connectivity index is 1.39. The molecule has 4 rings (SSSR count). The molecule has 150 valence electrons. The van der Waals surface area contributed by atoms with Gasteiger partial charge in [0.1, 0.15) is 0 Å². The highest BCUT2D eigenvalue weighted by Gasteiger charge is 2.10. The molecule has 0 aliphatic heterocycles. The van der Waals surface area contributed by atoms with E-state index in [9.17, 15) is 9.59 Å². The molecular formula is C22H18N4O3S. The smallest absolute Gasteiger partial charge is 0.291 e. The lowest BCUT2D eigenvalue weighted by Crippen LogP contribution is -2.13. The number of aryl methyl sites for hydroxylation is 1. The number of carbonyl (C=O) groups is 2. The summed E-state index contributed by atoms with van der Waals surface area (Å²) in [5, 5.41) is 11.6. The van der Waals surface area contributed by atoms with Gasteiger partial charge in [-0.3, -0.25) is 9.59 Å². The average molecular weight is 418 g/mol. The van der Waals surface area contributed by atoms with Crippen LogP contribution in [0.1, 0.15) is 26.6 Å². The summed E-state index contributed by atoms with van der Waals surface area (Å²) in [4.78, 5) is 28.9. The molecule has 0 bridgehead atoms. The number of hydrogen-bond donors (Lipinski definition) is 3. The Morgan fingerprint density at radius 3 is 2.37 bits per heavy atom. The fourth-order valence-electron chi connectivity index (χ4n) is 2.72. The molecule has 0 saturated carbocycles. The van der Waals surface area contributed by atoms with Gasteiger partial charge in [0.25, 0.3) is 11.8 Å². The van der Waals surface area contributed by atoms with Crippen molar-refractivity contribution in [1.29, 1.82) is 0 Å². The molecule has 0 fully saturated rings. The molecule has 0 unspecified atom stereocenters. The summed E-state index contributed by atoms with van der Waals surface area (Å²) in [7, 11) is 0. The molecule has 0 spiro atoms. The van der Waals surface area contributed by atoms with Gasteiger partial charge in [-0.2, -0.15) is 0 Å². The molecule has 0 aliphatic rings. The van der Waals surface area contributed by atoms with Gasteiger partial charge in [0, 0.05) is 28.0 Å². The molecule has 2 heterocycles. The number of amides is 2. The van der Waals surface area contributed by atoms with Crippen LogP contribution in [0, 0.1) is 6.92 Å². The zero-order valence-corrected chi connectivity index (χ0v) is 16.8. The predicted molar refractivity (Wildman–Crippen MR) is 118 cm³/mol. The van der Waals surface area contributed by atoms with E-state index in [1.807, 2.05) is 36.6 Å². The minimum atomic E-state index is -0.350. The fraction of sp³-hybridized carbons (Fsp3) is 0.0455. The fourth-order valence-corrected chi connectivity index (χ4v) is 3.43. The number of anilines is 4. The summed E-state index contributed by atoms with van der Waals surface area (Å²) < 4.78 is 5.06. The number of carbonyl (C=O) groups excluding carboxylic acids is 2. The van der Waals surface area contributed by atoms with Gasteiger partial charge in [-0.1, -0.05) is 6.07 Å². The number of rotatable bonds is 6. The molecule has 2 aromatic carbocycles. The number of nitrogens with one attached hydrogen (secondary N) is 3. The minimum absolute atomic E-state index is 0.221. The Kier molecular flexibility index (Phi) is 5.58. The zero-order valence-electron chi connectivity index (χ0n) is 16.0. The first-order valence-electron chi connectivity index (χ1n) is 9.12. The minimum Gasteiger partial charge on any atom is -0.459 e. The Hall–Kier alpha value is -3.91. The van der Waals surface area contributed by atoms with Crippen molar-refractivity contribution in [1.82, 2.24) is 4.98 Å². The second-order valence-electron chi connectivity index (χ2n) is 6.46. The molecule has 30 heavy (non-hydrogen) atoms. The summed E-state index contributed by atoms with van der Waals surface area (Å²) in [5.41, 5.74) is 3.49. The largest absolute Gasteiger partial charge is 0.459 e. The molecular weight excluding hydrogens is 400 g/mol. The third-order valence-electron chi connectivity index (χ3n) is 4.14. The summed E-state index contributed by atoms with van der Waals surface area (Å²) in [6.07, 6.45) is 1.44. The third kappa shape index (κ3) is 4.73. The first-order chi connectivity index (χ1) is 14.6. The van der Waals surface area contributed by atoms with Crippen LogP contribution in [0.15, 0.2) is 76.7 Å². The van der Waals surface area contributed by atoms with E-state index in [0.717, 1.165) is 16.5 Å². The molecule has 4 aromatic rings. The Bertz CT molecular complexity index is 1170. The molecule has 0 saturated heterocycles. The molecule has 8 heteroatoms. The lowest BCUT2D eigenvalue weighted by Gasteiger charge is -2.09. The molecule has 0 atom stereocenters. The lowest BCUT2D eigenvalue weighted by atomic mass is 10.2. The number of nitrogens with zero attached hydrogens (tertiary/aromatic N) is 1. The predicted octanol–water partition coefficient (Wildman–Crippen LogP) is 5.29. The van der Waals surface area contributed by atoms with E-state index in [0.29, 0.717) is 16.9 Å². The average Bonchev–Trinajstić information content (AvgIpc) is 3.41. The van der Waals surface area contributed by atoms with Gasteiger partial charge in [-0.05, 0) is 61.5 Å². The van der Waals surface area contributed by atoms with Crippen molar-refractivity contribution in [2.45, 2.75) is 6.92 Å². The Labute approximate surface area is 176 Å². The van der Waals surface area contributed by atoms with Crippen LogP contribution in [0.3, 0.4) is 0 Å². The van der Waals surface area contributed by atoms with Crippen molar-refractivity contribution < 1.29 is 14.0 Å². The van der Waals surface area contributed by atoms with Crippen LogP contribution in [0.2, 0.25) is 0 Å². The Morgan fingerprint density at radius 1 is 0.900 bits per heavy atom. The van der Waals surface area contributed by atoms with Crippen LogP contribution in [-0.4, -0.2) is 16.8 Å². The highest BCUT2D eigenvalue weighted by molar-refractivity contribution is 7.13. The van der Waals surface area contributed by atoms with E-state index in [1.54, 1.807) is 36.4 Å². The number of benzene rings is 2. The standard InChI is InChI=1S/C22H18N4O3S/c1-14-13-30-22(23-14)26-18-5-2-4-17(12-18)25-20(27)15-7-9-16(10-8-15)24-21(28)19-6-3-11-29-19/h2-13H,1H3,(H,23,26)(H,24,28)(H,25,27). The van der Waals surface area contributed by atoms with Crippen molar-refractivity contribution in [3.05, 3.63) is 89.3 Å². The maximum absolute atomic E-state index is 12.6. The Morgan fingerprint density at radius 2 is 1.67 bits per heavy atom. The lowest BCUT2D eigenvalue weighted by molar-refractivity contribution is 0.0995. The number of furan rings is 1. The molecule has 7 nitrogen and oxygen atoms in total. The van der Waals surface area contributed by atoms with Crippen molar-refractivity contribution in [2.24, 2.45) is 0 Å². The van der Waals surface area contributed by atoms with Crippen molar-refractivity contribution >= 4 is 45.3 Å². The second kappa shape index (κ2) is 8.62. The van der Waals surface area contributed by atoms with Gasteiger partial charge in [0.2, 0.25) is 0 Å². The topological polar surface area (TPSA) is 96.3 Å². The first kappa shape index (κ1) is 19.4. The van der Waals surface area contributed by atoms with Crippen LogP contribution in [0.4, 0.5) is 22.2 Å². The molecule has 0 radical (unpaired) electrons. The van der Waals surface area contributed by atoms with Gasteiger partial charge in [-0.25, -0.2) is 4.98 Å². The van der Waals surface area contributed by atoms with Gasteiger partial charge in [0.05, 0.1) is 12.0 Å². The second-order valence-corrected chi connectivity index (χ2v) is 7.32. The monoisotopic (exact) mass is 418 g/mol. The van der Waals surface area contributed by atoms with E-state index >= 15 is 0 Å². The van der Waals surface area contributed by atoms with E-state index < -0.39 is 0 Å². The van der Waals surface area contributed by atoms with Crippen molar-refractivity contribution in [3.63, 3.8) is 0 Å². The van der Waals surface area contributed by atoms with Crippen LogP contribution in [0.5, 0.6) is 0 Å². The van der Waals surface area contributed by atoms with Gasteiger partial charge in [-0.15, -0.1) is 11.3 Å². The highest BCUT2D eigenvalue weighted by atomic mass is 32.1. The number of thiazole rings is 1. The van der Waals surface area contributed by atoms with Gasteiger partial charge >= 0.3 is 0 Å². The summed E-state index contributed by atoms with van der Waals surface area (Å²) >= 11 is 1.52. The first-order valence-corrected chi connectivity index (χ1v) is 10.0. The van der Waals surface area contributed by atoms with Gasteiger partial charge in [0.15, 0.2) is 10.9 Å². The van der Waals surface area contributed by atoms with Crippen LogP contribution in [-0.2, 0) is 0 Å². The van der Waals surface area contributed by atoms with Crippen molar-refractivity contribution in [2.75, 3.05) is 16.0 Å². The number of aromatic nitrogens is 1. The third-order valence-corrected chi connectivity index (χ3v) is 5.02. The molecule has 2 amide bonds. The molecule has 3 N–H and O–H groups in total. The van der Waals surface area contributed by atoms with Crippen molar-refractivity contribution in [3.8, 4) is 0 Å². The maximum Gasteiger partial charge on any atom is 0.291 e. The quantitative estimate of drug-likeness (QED) is 0.395. The summed E-state index contributed by atoms with van der Waals surface area (Å²) in [6.45, 7) is 1.94. The van der Waals surface area contributed by atoms with E-state index in [4.69, 9.17) is 4.42 Å². The summed E-state index contributed by atoms with van der Waals surface area (Å²) in [6, 6.07) is 17.3. The maximum atomic E-state index is 12.6. The van der Waals surface area contributed by atoms with Crippen LogP contribution < -0.4 is 16.0 Å². The summed E-state index contributed by atoms with van der Waals surface area (Å²) in [5.74, 6) is -0.378. The van der Waals surface area contributed by atoms with E-state index in [2.05, 4.69) is 20.9 Å². The highest BCUT2D eigenvalue weighted by Crippen LogP contribution is 2.23. The van der Waals surface area contributed by atoms with E-state index in [-0.39, 0.29) is 17.6 Å². The van der Waals surface area contributed by atoms with E-state index in [1.165, 1.54) is 17.6 Å². The van der Waals surface area contributed by atoms with Gasteiger partial charge < -0.3 is 20.4 Å². The molecule has 0 aliphatic carbocycles. The zero-order chi connectivity index (χ0) is 20.9. The number of hydrogen-bond acceptors (Lipinski definition) is 6. The van der Waals surface area contributed by atoms with Crippen LogP contribution >= 0.6 is 11.3 Å².